The topological polar surface area (TPSA) is 48.9 Å². The first kappa shape index (κ1) is 19.0. The first-order chi connectivity index (χ1) is 12.5. The van der Waals surface area contributed by atoms with E-state index in [2.05, 4.69) is 61.6 Å². The van der Waals surface area contributed by atoms with Gasteiger partial charge in [-0.1, -0.05) is 18.2 Å². The molecule has 5 heteroatoms. The normalized spacial score (nSPS) is 25.9. The Labute approximate surface area is 158 Å². The van der Waals surface area contributed by atoms with E-state index in [1.807, 2.05) is 6.07 Å². The molecule has 0 aromatic heterocycles. The third kappa shape index (κ3) is 4.91. The number of guanidine groups is 1. The van der Waals surface area contributed by atoms with Crippen LogP contribution in [0.5, 0.6) is 5.75 Å². The molecule has 0 saturated carbocycles. The Morgan fingerprint density at radius 1 is 1.35 bits per heavy atom. The number of nitrogens with zero attached hydrogens (tertiary/aromatic N) is 2. The molecule has 2 aliphatic heterocycles. The first-order valence-electron chi connectivity index (χ1n) is 9.98. The van der Waals surface area contributed by atoms with Gasteiger partial charge in [0, 0.05) is 31.6 Å². The Hall–Kier alpha value is -1.75. The third-order valence-electron chi connectivity index (χ3n) is 5.26. The van der Waals surface area contributed by atoms with Crippen molar-refractivity contribution in [2.24, 2.45) is 10.9 Å². The van der Waals surface area contributed by atoms with Crippen molar-refractivity contribution in [1.29, 1.82) is 0 Å². The van der Waals surface area contributed by atoms with Crippen LogP contribution in [0.3, 0.4) is 0 Å². The molecular weight excluding hydrogens is 324 g/mol. The van der Waals surface area contributed by atoms with Crippen LogP contribution in [-0.4, -0.2) is 49.7 Å². The number of para-hydroxylation sites is 1. The van der Waals surface area contributed by atoms with Gasteiger partial charge in [0.25, 0.3) is 0 Å². The van der Waals surface area contributed by atoms with E-state index in [1.165, 1.54) is 24.9 Å². The molecule has 2 unspecified atom stereocenters. The summed E-state index contributed by atoms with van der Waals surface area (Å²) in [7, 11) is 2.21. The highest BCUT2D eigenvalue weighted by Gasteiger charge is 2.34. The molecule has 1 aromatic carbocycles. The summed E-state index contributed by atoms with van der Waals surface area (Å²) in [5.74, 6) is 2.55. The molecule has 5 nitrogen and oxygen atoms in total. The summed E-state index contributed by atoms with van der Waals surface area (Å²) in [6, 6.07) is 8.55. The van der Waals surface area contributed by atoms with E-state index in [1.54, 1.807) is 0 Å². The Morgan fingerprint density at radius 3 is 2.92 bits per heavy atom. The van der Waals surface area contributed by atoms with Crippen molar-refractivity contribution in [2.45, 2.75) is 51.7 Å². The van der Waals surface area contributed by atoms with Gasteiger partial charge in [0.1, 0.15) is 11.4 Å². The first-order valence-corrected chi connectivity index (χ1v) is 9.98. The average Bonchev–Trinajstić information content (AvgIpc) is 2.59. The van der Waals surface area contributed by atoms with Gasteiger partial charge in [0.15, 0.2) is 5.96 Å². The summed E-state index contributed by atoms with van der Waals surface area (Å²) < 4.78 is 6.15. The molecule has 2 atom stereocenters. The number of likely N-dealkylation sites (tertiary alicyclic amines) is 1. The predicted octanol–water partition coefficient (Wildman–Crippen LogP) is 3.19. The highest BCUT2D eigenvalue weighted by Crippen LogP contribution is 2.39. The summed E-state index contributed by atoms with van der Waals surface area (Å²) in [6.45, 7) is 10.5. The van der Waals surface area contributed by atoms with Gasteiger partial charge in [-0.2, -0.15) is 0 Å². The summed E-state index contributed by atoms with van der Waals surface area (Å²) in [6.07, 6.45) is 3.48. The van der Waals surface area contributed by atoms with Gasteiger partial charge < -0.3 is 20.3 Å². The van der Waals surface area contributed by atoms with Crippen LogP contribution < -0.4 is 15.4 Å². The van der Waals surface area contributed by atoms with E-state index < -0.39 is 0 Å². The van der Waals surface area contributed by atoms with Crippen LogP contribution in [0.4, 0.5) is 0 Å². The molecule has 1 saturated heterocycles. The molecule has 1 aromatic rings. The average molecular weight is 359 g/mol. The number of nitrogens with one attached hydrogen (secondary N) is 2. The van der Waals surface area contributed by atoms with Crippen LogP contribution in [0.15, 0.2) is 29.3 Å². The Morgan fingerprint density at radius 2 is 2.15 bits per heavy atom. The van der Waals surface area contributed by atoms with Crippen LogP contribution in [0.1, 0.15) is 51.6 Å². The second-order valence-electron chi connectivity index (χ2n) is 8.29. The van der Waals surface area contributed by atoms with E-state index in [9.17, 15) is 0 Å². The fraction of sp³-hybridized carbons (Fsp3) is 0.667. The largest absolute Gasteiger partial charge is 0.487 e. The lowest BCUT2D eigenvalue weighted by Crippen LogP contribution is -2.45. The highest BCUT2D eigenvalue weighted by molar-refractivity contribution is 5.80. The van der Waals surface area contributed by atoms with Crippen LogP contribution in [0, 0.1) is 5.92 Å². The highest BCUT2D eigenvalue weighted by atomic mass is 16.5. The van der Waals surface area contributed by atoms with Gasteiger partial charge in [-0.25, -0.2) is 0 Å². The predicted molar refractivity (Wildman–Crippen MR) is 108 cm³/mol. The van der Waals surface area contributed by atoms with Crippen molar-refractivity contribution in [3.8, 4) is 5.75 Å². The number of aliphatic imine (C=N–C) groups is 1. The van der Waals surface area contributed by atoms with Gasteiger partial charge >= 0.3 is 0 Å². The number of benzene rings is 1. The molecular formula is C21H34N4O. The van der Waals surface area contributed by atoms with Crippen LogP contribution in [0.25, 0.3) is 0 Å². The molecule has 2 heterocycles. The molecule has 2 N–H and O–H groups in total. The van der Waals surface area contributed by atoms with Crippen molar-refractivity contribution in [3.05, 3.63) is 29.8 Å². The number of fused-ring (bicyclic) bond motifs is 1. The molecule has 0 aliphatic carbocycles. The fourth-order valence-corrected chi connectivity index (χ4v) is 4.06. The number of rotatable bonds is 4. The summed E-state index contributed by atoms with van der Waals surface area (Å²) >= 11 is 0. The molecule has 0 spiro atoms. The Kier molecular flexibility index (Phi) is 6.07. The molecule has 0 radical (unpaired) electrons. The van der Waals surface area contributed by atoms with E-state index in [0.29, 0.717) is 5.92 Å². The second kappa shape index (κ2) is 8.30. The SMILES string of the molecule is CCNC(=NCC1CCCN(C)C1)NC1CC(C)(C)Oc2ccccc21. The lowest BCUT2D eigenvalue weighted by atomic mass is 9.90. The van der Waals surface area contributed by atoms with Crippen molar-refractivity contribution < 1.29 is 4.74 Å². The van der Waals surface area contributed by atoms with E-state index >= 15 is 0 Å². The molecule has 3 rings (SSSR count). The third-order valence-corrected chi connectivity index (χ3v) is 5.26. The standard InChI is InChI=1S/C21H34N4O/c1-5-22-20(23-14-16-9-8-12-25(4)15-16)24-18-13-21(2,3)26-19-11-7-6-10-17(18)19/h6-7,10-11,16,18H,5,8-9,12-15H2,1-4H3,(H2,22,23,24). The van der Waals surface area contributed by atoms with Crippen molar-refractivity contribution in [3.63, 3.8) is 0 Å². The van der Waals surface area contributed by atoms with Gasteiger partial charge in [0.05, 0.1) is 6.04 Å². The molecule has 2 aliphatic rings. The number of hydrogen-bond acceptors (Lipinski definition) is 3. The van der Waals surface area contributed by atoms with E-state index in [-0.39, 0.29) is 11.6 Å². The fourth-order valence-electron chi connectivity index (χ4n) is 4.06. The minimum atomic E-state index is -0.185. The van der Waals surface area contributed by atoms with Gasteiger partial charge in [-0.3, -0.25) is 4.99 Å². The number of piperidine rings is 1. The maximum absolute atomic E-state index is 6.15. The van der Waals surface area contributed by atoms with Gasteiger partial charge in [0.2, 0.25) is 0 Å². The Balaban J connectivity index is 1.72. The minimum Gasteiger partial charge on any atom is -0.487 e. The lowest BCUT2D eigenvalue weighted by Gasteiger charge is -2.38. The molecule has 0 bridgehead atoms. The minimum absolute atomic E-state index is 0.185. The smallest absolute Gasteiger partial charge is 0.191 e. The maximum Gasteiger partial charge on any atom is 0.191 e. The van der Waals surface area contributed by atoms with Crippen LogP contribution in [-0.2, 0) is 0 Å². The molecule has 0 amide bonds. The van der Waals surface area contributed by atoms with E-state index in [0.717, 1.165) is 37.8 Å². The number of hydrogen-bond donors (Lipinski definition) is 2. The van der Waals surface area contributed by atoms with Crippen molar-refractivity contribution >= 4 is 5.96 Å². The molecule has 1 fully saturated rings. The monoisotopic (exact) mass is 358 g/mol. The zero-order chi connectivity index (χ0) is 18.6. The lowest BCUT2D eigenvalue weighted by molar-refractivity contribution is 0.0694. The van der Waals surface area contributed by atoms with E-state index in [4.69, 9.17) is 9.73 Å². The number of ether oxygens (including phenoxy) is 1. The van der Waals surface area contributed by atoms with Crippen molar-refractivity contribution in [2.75, 3.05) is 33.2 Å². The van der Waals surface area contributed by atoms with Crippen LogP contribution in [0.2, 0.25) is 0 Å². The summed E-state index contributed by atoms with van der Waals surface area (Å²) in [4.78, 5) is 7.33. The zero-order valence-corrected chi connectivity index (χ0v) is 16.7. The molecule has 26 heavy (non-hydrogen) atoms. The zero-order valence-electron chi connectivity index (χ0n) is 16.7. The summed E-state index contributed by atoms with van der Waals surface area (Å²) in [5.41, 5.74) is 1.03. The van der Waals surface area contributed by atoms with Crippen molar-refractivity contribution in [1.82, 2.24) is 15.5 Å². The maximum atomic E-state index is 6.15. The second-order valence-corrected chi connectivity index (χ2v) is 8.29. The summed E-state index contributed by atoms with van der Waals surface area (Å²) in [5, 5.41) is 7.09. The van der Waals surface area contributed by atoms with Crippen LogP contribution >= 0.6 is 0 Å². The van der Waals surface area contributed by atoms with Gasteiger partial charge in [-0.15, -0.1) is 0 Å². The van der Waals surface area contributed by atoms with Gasteiger partial charge in [-0.05, 0) is 59.2 Å². The molecule has 144 valence electrons. The quantitative estimate of drug-likeness (QED) is 0.641. The Bertz CT molecular complexity index is 628.